The largest absolute Gasteiger partial charge is 0.324 e. The molecule has 1 aromatic carbocycles. The molecule has 1 atom stereocenters. The van der Waals surface area contributed by atoms with Crippen LogP contribution in [0.25, 0.3) is 0 Å². The summed E-state index contributed by atoms with van der Waals surface area (Å²) in [5.41, 5.74) is -0.365. The molecule has 1 heterocycles. The summed E-state index contributed by atoms with van der Waals surface area (Å²) in [5.74, 6) is -0.272. The number of rotatable bonds is 2. The van der Waals surface area contributed by atoms with E-state index in [1.54, 1.807) is 6.08 Å². The molecule has 1 aromatic rings. The van der Waals surface area contributed by atoms with Crippen molar-refractivity contribution < 1.29 is 4.79 Å². The average molecular weight is 226 g/mol. The molecular weight excluding hydrogens is 212 g/mol. The van der Waals surface area contributed by atoms with Crippen LogP contribution in [0.3, 0.4) is 0 Å². The summed E-state index contributed by atoms with van der Waals surface area (Å²) >= 11 is 0. The number of nitrogens with zero attached hydrogens (tertiary/aromatic N) is 1. The molecule has 0 fully saturated rings. The number of benzene rings is 1. The van der Waals surface area contributed by atoms with Gasteiger partial charge in [-0.1, -0.05) is 38.1 Å². The van der Waals surface area contributed by atoms with E-state index in [0.29, 0.717) is 5.69 Å². The van der Waals surface area contributed by atoms with Crippen molar-refractivity contribution in [2.75, 3.05) is 5.32 Å². The predicted molar refractivity (Wildman–Crippen MR) is 66.3 cm³/mol. The van der Waals surface area contributed by atoms with E-state index in [4.69, 9.17) is 0 Å². The van der Waals surface area contributed by atoms with Crippen molar-refractivity contribution in [3.63, 3.8) is 0 Å². The second-order valence-electron chi connectivity index (χ2n) is 4.79. The Bertz CT molecular complexity index is 539. The molecule has 0 aromatic heterocycles. The summed E-state index contributed by atoms with van der Waals surface area (Å²) in [6.07, 6.45) is 1.66. The standard InChI is InChI=1S/C14H14N2O/c1-4-13(2,3)14(9-15)10-7-5-6-8-11(10)16-12(14)17/h4-8H,1H2,2-3H3,(H,16,17)/t14-/m1/s1. The second-order valence-corrected chi connectivity index (χ2v) is 4.79. The molecule has 2 rings (SSSR count). The Kier molecular flexibility index (Phi) is 2.32. The molecular formula is C14H14N2O. The van der Waals surface area contributed by atoms with Gasteiger partial charge < -0.3 is 5.32 Å². The fourth-order valence-corrected chi connectivity index (χ4v) is 2.31. The van der Waals surface area contributed by atoms with E-state index in [-0.39, 0.29) is 5.91 Å². The van der Waals surface area contributed by atoms with Crippen LogP contribution in [0.2, 0.25) is 0 Å². The van der Waals surface area contributed by atoms with Crippen LogP contribution in [0.5, 0.6) is 0 Å². The Balaban J connectivity index is 2.76. The Morgan fingerprint density at radius 1 is 1.47 bits per heavy atom. The summed E-state index contributed by atoms with van der Waals surface area (Å²) in [5, 5.41) is 12.3. The van der Waals surface area contributed by atoms with Gasteiger partial charge in [0.05, 0.1) is 6.07 Å². The van der Waals surface area contributed by atoms with Gasteiger partial charge in [0.25, 0.3) is 0 Å². The molecule has 0 saturated heterocycles. The Morgan fingerprint density at radius 2 is 2.12 bits per heavy atom. The lowest BCUT2D eigenvalue weighted by Gasteiger charge is -2.34. The van der Waals surface area contributed by atoms with Crippen LogP contribution in [0, 0.1) is 16.7 Å². The first-order valence-corrected chi connectivity index (χ1v) is 5.45. The molecule has 0 spiro atoms. The van der Waals surface area contributed by atoms with E-state index in [2.05, 4.69) is 18.0 Å². The molecule has 1 aliphatic rings. The number of carbonyl (C=O) groups is 1. The lowest BCUT2D eigenvalue weighted by Crippen LogP contribution is -2.45. The molecule has 1 aliphatic heterocycles. The SMILES string of the molecule is C=CC(C)(C)[C@@]1(C#N)C(=O)Nc2ccccc21. The number of fused-ring (bicyclic) bond motifs is 1. The van der Waals surface area contributed by atoms with E-state index in [1.165, 1.54) is 0 Å². The molecule has 3 nitrogen and oxygen atoms in total. The second kappa shape index (κ2) is 3.46. The minimum Gasteiger partial charge on any atom is -0.324 e. The molecule has 1 N–H and O–H groups in total. The highest BCUT2D eigenvalue weighted by Gasteiger charge is 2.56. The van der Waals surface area contributed by atoms with Gasteiger partial charge in [0.15, 0.2) is 5.41 Å². The minimum absolute atomic E-state index is 0.272. The van der Waals surface area contributed by atoms with Gasteiger partial charge in [0.1, 0.15) is 0 Å². The first-order valence-electron chi connectivity index (χ1n) is 5.45. The van der Waals surface area contributed by atoms with Gasteiger partial charge in [-0.25, -0.2) is 0 Å². The lowest BCUT2D eigenvalue weighted by molar-refractivity contribution is -0.121. The number of para-hydroxylation sites is 1. The third kappa shape index (κ3) is 1.24. The maximum Gasteiger partial charge on any atom is 0.250 e. The number of nitriles is 1. The van der Waals surface area contributed by atoms with Crippen molar-refractivity contribution in [2.45, 2.75) is 19.3 Å². The van der Waals surface area contributed by atoms with Gasteiger partial charge in [-0.3, -0.25) is 4.79 Å². The van der Waals surface area contributed by atoms with Gasteiger partial charge >= 0.3 is 0 Å². The van der Waals surface area contributed by atoms with Crippen LogP contribution in [0.1, 0.15) is 19.4 Å². The van der Waals surface area contributed by atoms with Crippen molar-refractivity contribution in [1.82, 2.24) is 0 Å². The van der Waals surface area contributed by atoms with Gasteiger partial charge in [0.2, 0.25) is 5.91 Å². The van der Waals surface area contributed by atoms with Gasteiger partial charge in [-0.15, -0.1) is 6.58 Å². The number of hydrogen-bond donors (Lipinski definition) is 1. The van der Waals surface area contributed by atoms with Crippen molar-refractivity contribution in [2.24, 2.45) is 5.41 Å². The average Bonchev–Trinajstić information content (AvgIpc) is 2.62. The third-order valence-electron chi connectivity index (χ3n) is 3.56. The molecule has 0 aliphatic carbocycles. The van der Waals surface area contributed by atoms with Crippen LogP contribution in [0.15, 0.2) is 36.9 Å². The molecule has 0 bridgehead atoms. The van der Waals surface area contributed by atoms with Crippen molar-refractivity contribution in [1.29, 1.82) is 5.26 Å². The number of hydrogen-bond acceptors (Lipinski definition) is 2. The molecule has 1 amide bonds. The Morgan fingerprint density at radius 3 is 2.71 bits per heavy atom. The molecule has 0 saturated carbocycles. The maximum atomic E-state index is 12.2. The molecule has 17 heavy (non-hydrogen) atoms. The number of carbonyl (C=O) groups excluding carboxylic acids is 1. The zero-order chi connectivity index (χ0) is 12.7. The predicted octanol–water partition coefficient (Wildman–Crippen LogP) is 2.61. The Labute approximate surface area is 101 Å². The monoisotopic (exact) mass is 226 g/mol. The number of allylic oxidation sites excluding steroid dienone is 1. The van der Waals surface area contributed by atoms with Crippen LogP contribution >= 0.6 is 0 Å². The van der Waals surface area contributed by atoms with E-state index in [9.17, 15) is 10.1 Å². The van der Waals surface area contributed by atoms with Gasteiger partial charge in [-0.2, -0.15) is 5.26 Å². The van der Waals surface area contributed by atoms with Crippen LogP contribution in [0.4, 0.5) is 5.69 Å². The van der Waals surface area contributed by atoms with Gasteiger partial charge in [0, 0.05) is 16.7 Å². The third-order valence-corrected chi connectivity index (χ3v) is 3.56. The van der Waals surface area contributed by atoms with Gasteiger partial charge in [-0.05, 0) is 6.07 Å². The maximum absolute atomic E-state index is 12.2. The zero-order valence-electron chi connectivity index (χ0n) is 9.95. The summed E-state index contributed by atoms with van der Waals surface area (Å²) in [6.45, 7) is 7.45. The molecule has 0 radical (unpaired) electrons. The fraction of sp³-hybridized carbons (Fsp3) is 0.286. The van der Waals surface area contributed by atoms with Crippen LogP contribution in [-0.2, 0) is 10.2 Å². The number of anilines is 1. The first-order chi connectivity index (χ1) is 7.99. The van der Waals surface area contributed by atoms with E-state index in [0.717, 1.165) is 5.56 Å². The summed E-state index contributed by atoms with van der Waals surface area (Å²) in [4.78, 5) is 12.2. The summed E-state index contributed by atoms with van der Waals surface area (Å²) in [7, 11) is 0. The van der Waals surface area contributed by atoms with Crippen molar-refractivity contribution in [3.05, 3.63) is 42.5 Å². The molecule has 86 valence electrons. The van der Waals surface area contributed by atoms with Crippen LogP contribution in [-0.4, -0.2) is 5.91 Å². The minimum atomic E-state index is -1.19. The normalized spacial score (nSPS) is 22.5. The van der Waals surface area contributed by atoms with E-state index < -0.39 is 10.8 Å². The highest BCUT2D eigenvalue weighted by atomic mass is 16.2. The topological polar surface area (TPSA) is 52.9 Å². The zero-order valence-corrected chi connectivity index (χ0v) is 9.95. The van der Waals surface area contributed by atoms with E-state index >= 15 is 0 Å². The number of nitrogens with one attached hydrogen (secondary N) is 1. The van der Waals surface area contributed by atoms with E-state index in [1.807, 2.05) is 38.1 Å². The molecule has 3 heteroatoms. The fourth-order valence-electron chi connectivity index (χ4n) is 2.31. The van der Waals surface area contributed by atoms with Crippen molar-refractivity contribution in [3.8, 4) is 6.07 Å². The quantitative estimate of drug-likeness (QED) is 0.788. The Hall–Kier alpha value is -2.08. The number of amides is 1. The van der Waals surface area contributed by atoms with Crippen molar-refractivity contribution >= 4 is 11.6 Å². The summed E-state index contributed by atoms with van der Waals surface area (Å²) < 4.78 is 0. The molecule has 0 unspecified atom stereocenters. The smallest absolute Gasteiger partial charge is 0.250 e. The van der Waals surface area contributed by atoms with Crippen LogP contribution < -0.4 is 5.32 Å². The first kappa shape index (κ1) is 11.4. The lowest BCUT2D eigenvalue weighted by atomic mass is 9.63. The summed E-state index contributed by atoms with van der Waals surface area (Å²) in [6, 6.07) is 9.50. The highest BCUT2D eigenvalue weighted by molar-refractivity contribution is 6.09. The highest BCUT2D eigenvalue weighted by Crippen LogP contribution is 2.49.